The molecule has 0 aliphatic carbocycles. The highest BCUT2D eigenvalue weighted by atomic mass is 19.1. The fourth-order valence-electron chi connectivity index (χ4n) is 2.55. The molecule has 1 aliphatic heterocycles. The second-order valence-corrected chi connectivity index (χ2v) is 5.97. The Kier molecular flexibility index (Phi) is 3.62. The van der Waals surface area contributed by atoms with Crippen LogP contribution in [0.5, 0.6) is 5.75 Å². The molecule has 0 fully saturated rings. The third kappa shape index (κ3) is 2.46. The maximum absolute atomic E-state index is 13.2. The van der Waals surface area contributed by atoms with Gasteiger partial charge in [-0.2, -0.15) is 0 Å². The number of nitrogens with two attached hydrogens (primary N) is 1. The first-order chi connectivity index (χ1) is 10.4. The molecular weight excluding hydrogens is 283 g/mol. The second-order valence-electron chi connectivity index (χ2n) is 5.97. The molecule has 2 aromatic rings. The number of aliphatic hydroxyl groups is 1. The van der Waals surface area contributed by atoms with Gasteiger partial charge in [0.1, 0.15) is 22.9 Å². The highest BCUT2D eigenvalue weighted by Gasteiger charge is 2.31. The molecule has 22 heavy (non-hydrogen) atoms. The zero-order valence-electron chi connectivity index (χ0n) is 12.6. The Bertz CT molecular complexity index is 699. The lowest BCUT2D eigenvalue weighted by atomic mass is 9.94. The van der Waals surface area contributed by atoms with Crippen molar-refractivity contribution >= 4 is 0 Å². The summed E-state index contributed by atoms with van der Waals surface area (Å²) in [6.45, 7) is 4.33. The first-order valence-corrected chi connectivity index (χ1v) is 7.29. The summed E-state index contributed by atoms with van der Waals surface area (Å²) in [5.41, 5.74) is 7.31. The summed E-state index contributed by atoms with van der Waals surface area (Å²) in [5.74, 6) is 0.611. The van der Waals surface area contributed by atoms with Crippen LogP contribution >= 0.6 is 0 Å². The van der Waals surface area contributed by atoms with Gasteiger partial charge in [-0.3, -0.25) is 0 Å². The lowest BCUT2D eigenvalue weighted by Crippen LogP contribution is -2.32. The van der Waals surface area contributed by atoms with Crippen molar-refractivity contribution in [3.8, 4) is 17.0 Å². The molecule has 0 radical (unpaired) electrons. The molecule has 1 aromatic carbocycles. The van der Waals surface area contributed by atoms with Crippen LogP contribution in [-0.4, -0.2) is 23.2 Å². The van der Waals surface area contributed by atoms with E-state index in [2.05, 4.69) is 11.9 Å². The molecule has 116 valence electrons. The van der Waals surface area contributed by atoms with Crippen LogP contribution in [0.25, 0.3) is 11.3 Å². The summed E-state index contributed by atoms with van der Waals surface area (Å²) >= 11 is 0. The Balaban J connectivity index is 2.20. The zero-order valence-corrected chi connectivity index (χ0v) is 12.6. The normalized spacial score (nSPS) is 19.4. The number of rotatable bonds is 3. The minimum absolute atomic E-state index is 0.0664. The number of aromatic nitrogens is 1. The van der Waals surface area contributed by atoms with E-state index in [-0.39, 0.29) is 18.3 Å². The van der Waals surface area contributed by atoms with E-state index in [9.17, 15) is 9.50 Å². The van der Waals surface area contributed by atoms with Crippen molar-refractivity contribution in [3.05, 3.63) is 47.4 Å². The van der Waals surface area contributed by atoms with Crippen molar-refractivity contribution in [2.45, 2.75) is 25.4 Å². The molecule has 5 heteroatoms. The van der Waals surface area contributed by atoms with Gasteiger partial charge in [-0.1, -0.05) is 6.92 Å². The molecule has 4 nitrogen and oxygen atoms in total. The van der Waals surface area contributed by atoms with Crippen molar-refractivity contribution < 1.29 is 14.2 Å². The summed E-state index contributed by atoms with van der Waals surface area (Å²) < 4.78 is 18.9. The summed E-state index contributed by atoms with van der Waals surface area (Å²) in [6.07, 6.45) is 0. The number of hydrogen-bond acceptors (Lipinski definition) is 4. The van der Waals surface area contributed by atoms with Crippen LogP contribution in [0.2, 0.25) is 0 Å². The predicted molar refractivity (Wildman–Crippen MR) is 82.2 cm³/mol. The second kappa shape index (κ2) is 5.34. The van der Waals surface area contributed by atoms with E-state index >= 15 is 0 Å². The molecular formula is C17H19FN2O2. The van der Waals surface area contributed by atoms with Crippen molar-refractivity contribution in [3.63, 3.8) is 0 Å². The highest BCUT2D eigenvalue weighted by Crippen LogP contribution is 2.42. The van der Waals surface area contributed by atoms with E-state index in [4.69, 9.17) is 10.5 Å². The quantitative estimate of drug-likeness (QED) is 0.914. The van der Waals surface area contributed by atoms with Gasteiger partial charge >= 0.3 is 0 Å². The lowest BCUT2D eigenvalue weighted by molar-refractivity contribution is 0.0622. The molecule has 0 amide bonds. The number of halogens is 1. The molecule has 1 aromatic heterocycles. The maximum atomic E-state index is 13.2. The van der Waals surface area contributed by atoms with Crippen LogP contribution in [0.4, 0.5) is 4.39 Å². The Morgan fingerprint density at radius 2 is 2.09 bits per heavy atom. The summed E-state index contributed by atoms with van der Waals surface area (Å²) in [6, 6.07) is 7.94. The molecule has 3 N–H and O–H groups in total. The molecule has 0 unspecified atom stereocenters. The molecule has 0 spiro atoms. The number of benzene rings is 1. The highest BCUT2D eigenvalue weighted by molar-refractivity contribution is 5.70. The Hall–Kier alpha value is -1.98. The van der Waals surface area contributed by atoms with Gasteiger partial charge in [0.05, 0.1) is 12.3 Å². The molecule has 2 heterocycles. The minimum atomic E-state index is -1.22. The number of hydrogen-bond donors (Lipinski definition) is 2. The topological polar surface area (TPSA) is 68.4 Å². The zero-order chi connectivity index (χ0) is 15.9. The number of ether oxygens (including phenoxy) is 1. The van der Waals surface area contributed by atoms with E-state index in [1.807, 2.05) is 6.07 Å². The molecule has 3 rings (SSSR count). The first-order valence-electron chi connectivity index (χ1n) is 7.29. The maximum Gasteiger partial charge on any atom is 0.149 e. The number of fused-ring (bicyclic) bond motifs is 1. The van der Waals surface area contributed by atoms with Crippen LogP contribution in [0.3, 0.4) is 0 Å². The van der Waals surface area contributed by atoms with Gasteiger partial charge in [0.15, 0.2) is 0 Å². The van der Waals surface area contributed by atoms with Crippen LogP contribution in [0.1, 0.15) is 31.0 Å². The standard InChI is InChI=1S/C17H19FN2O2/c1-10-8-22-16-13(10)7-14(17(2,21)9-19)20-15(16)11-3-5-12(18)6-4-11/h3-7,10,21H,8-9,19H2,1-2H3/t10-,17+/m1/s1. The third-order valence-electron chi connectivity index (χ3n) is 4.08. The van der Waals surface area contributed by atoms with Gasteiger partial charge in [0, 0.05) is 23.6 Å². The van der Waals surface area contributed by atoms with Crippen LogP contribution in [0, 0.1) is 5.82 Å². The summed E-state index contributed by atoms with van der Waals surface area (Å²) in [7, 11) is 0. The summed E-state index contributed by atoms with van der Waals surface area (Å²) in [5, 5.41) is 10.4. The van der Waals surface area contributed by atoms with Crippen LogP contribution < -0.4 is 10.5 Å². The Labute approximate surface area is 128 Å². The van der Waals surface area contributed by atoms with E-state index in [0.717, 1.165) is 11.1 Å². The largest absolute Gasteiger partial charge is 0.490 e. The summed E-state index contributed by atoms with van der Waals surface area (Å²) in [4.78, 5) is 4.54. The first kappa shape index (κ1) is 14.9. The van der Waals surface area contributed by atoms with Gasteiger partial charge in [-0.25, -0.2) is 9.37 Å². The molecule has 0 saturated carbocycles. The lowest BCUT2D eigenvalue weighted by Gasteiger charge is -2.22. The fraction of sp³-hybridized carbons (Fsp3) is 0.353. The minimum Gasteiger partial charge on any atom is -0.490 e. The molecule has 0 saturated heterocycles. The van der Waals surface area contributed by atoms with Crippen molar-refractivity contribution in [2.24, 2.45) is 5.73 Å². The molecule has 1 aliphatic rings. The molecule has 2 atom stereocenters. The van der Waals surface area contributed by atoms with Gasteiger partial charge in [-0.15, -0.1) is 0 Å². The fourth-order valence-corrected chi connectivity index (χ4v) is 2.55. The monoisotopic (exact) mass is 302 g/mol. The Morgan fingerprint density at radius 3 is 2.73 bits per heavy atom. The van der Waals surface area contributed by atoms with Gasteiger partial charge in [-0.05, 0) is 37.3 Å². The van der Waals surface area contributed by atoms with Crippen LogP contribution in [-0.2, 0) is 5.60 Å². The number of nitrogens with zero attached hydrogens (tertiary/aromatic N) is 1. The SMILES string of the molecule is C[C@@H]1COc2c1cc([C@@](C)(O)CN)nc2-c1ccc(F)cc1. The van der Waals surface area contributed by atoms with Gasteiger partial charge < -0.3 is 15.6 Å². The van der Waals surface area contributed by atoms with Crippen molar-refractivity contribution in [1.82, 2.24) is 4.98 Å². The van der Waals surface area contributed by atoms with Gasteiger partial charge in [0.25, 0.3) is 0 Å². The average Bonchev–Trinajstić information content (AvgIpc) is 2.89. The van der Waals surface area contributed by atoms with E-state index in [1.165, 1.54) is 12.1 Å². The average molecular weight is 302 g/mol. The van der Waals surface area contributed by atoms with Crippen molar-refractivity contribution in [2.75, 3.05) is 13.2 Å². The smallest absolute Gasteiger partial charge is 0.149 e. The molecule has 0 bridgehead atoms. The van der Waals surface area contributed by atoms with E-state index in [1.54, 1.807) is 19.1 Å². The van der Waals surface area contributed by atoms with Crippen LogP contribution in [0.15, 0.2) is 30.3 Å². The Morgan fingerprint density at radius 1 is 1.41 bits per heavy atom. The van der Waals surface area contributed by atoms with E-state index < -0.39 is 5.60 Å². The third-order valence-corrected chi connectivity index (χ3v) is 4.08. The predicted octanol–water partition coefficient (Wildman–Crippen LogP) is 2.55. The van der Waals surface area contributed by atoms with Gasteiger partial charge in [0.2, 0.25) is 0 Å². The van der Waals surface area contributed by atoms with E-state index in [0.29, 0.717) is 23.7 Å². The van der Waals surface area contributed by atoms with Crippen molar-refractivity contribution in [1.29, 1.82) is 0 Å². The number of pyridine rings is 1.